The van der Waals surface area contributed by atoms with Crippen LogP contribution in [-0.2, 0) is 14.3 Å². The summed E-state index contributed by atoms with van der Waals surface area (Å²) in [5, 5.41) is 0. The van der Waals surface area contributed by atoms with Crippen molar-refractivity contribution in [3.8, 4) is 0 Å². The minimum Gasteiger partial charge on any atom is -0.462 e. The predicted octanol–water partition coefficient (Wildman–Crippen LogP) is 3.11. The summed E-state index contributed by atoms with van der Waals surface area (Å²) in [6.07, 6.45) is 5.45. The average molecular weight is 228 g/mol. The van der Waals surface area contributed by atoms with Crippen molar-refractivity contribution in [2.45, 2.75) is 65.4 Å². The molecule has 0 saturated carbocycles. The van der Waals surface area contributed by atoms with Crippen LogP contribution in [0.3, 0.4) is 0 Å². The van der Waals surface area contributed by atoms with Gasteiger partial charge in [-0.25, -0.2) is 0 Å². The van der Waals surface area contributed by atoms with Crippen molar-refractivity contribution in [3.05, 3.63) is 0 Å². The molecule has 0 saturated heterocycles. The molecule has 0 aromatic rings. The molecule has 0 aliphatic heterocycles. The first kappa shape index (κ1) is 15.1. The number of carbonyl (C=O) groups excluding carboxylic acids is 2. The number of hydrogen-bond acceptors (Lipinski definition) is 3. The smallest absolute Gasteiger partial charge is 0.309 e. The Bertz CT molecular complexity index is 201. The van der Waals surface area contributed by atoms with Crippen molar-refractivity contribution in [1.82, 2.24) is 0 Å². The quantitative estimate of drug-likeness (QED) is 0.450. The van der Waals surface area contributed by atoms with Crippen molar-refractivity contribution in [3.63, 3.8) is 0 Å². The van der Waals surface area contributed by atoms with Gasteiger partial charge in [0.05, 0.1) is 5.92 Å². The highest BCUT2D eigenvalue weighted by molar-refractivity contribution is 5.72. The van der Waals surface area contributed by atoms with E-state index in [4.69, 9.17) is 4.74 Å². The summed E-state index contributed by atoms with van der Waals surface area (Å²) >= 11 is 0. The Labute approximate surface area is 98.6 Å². The minimum absolute atomic E-state index is 0.000604. The van der Waals surface area contributed by atoms with Gasteiger partial charge >= 0.3 is 5.97 Å². The lowest BCUT2D eigenvalue weighted by molar-refractivity contribution is -0.155. The number of unbranched alkanes of at least 4 members (excludes halogenated alkanes) is 1. The van der Waals surface area contributed by atoms with Gasteiger partial charge in [0.15, 0.2) is 0 Å². The summed E-state index contributed by atoms with van der Waals surface area (Å²) in [6.45, 7) is 6.04. The van der Waals surface area contributed by atoms with Gasteiger partial charge in [-0.1, -0.05) is 33.6 Å². The van der Waals surface area contributed by atoms with Gasteiger partial charge in [-0.2, -0.15) is 0 Å². The normalized spacial score (nSPS) is 14.2. The van der Waals surface area contributed by atoms with Crippen LogP contribution in [0.25, 0.3) is 0 Å². The fourth-order valence-electron chi connectivity index (χ4n) is 1.61. The molecule has 0 fully saturated rings. The monoisotopic (exact) mass is 228 g/mol. The van der Waals surface area contributed by atoms with Crippen LogP contribution < -0.4 is 0 Å². The van der Waals surface area contributed by atoms with Crippen molar-refractivity contribution in [2.75, 3.05) is 0 Å². The van der Waals surface area contributed by atoms with E-state index in [1.54, 1.807) is 0 Å². The maximum Gasteiger partial charge on any atom is 0.309 e. The highest BCUT2D eigenvalue weighted by Gasteiger charge is 2.20. The molecule has 3 nitrogen and oxygen atoms in total. The van der Waals surface area contributed by atoms with E-state index in [-0.39, 0.29) is 18.0 Å². The summed E-state index contributed by atoms with van der Waals surface area (Å²) in [7, 11) is 0. The Morgan fingerprint density at radius 1 is 1.25 bits per heavy atom. The Balaban J connectivity index is 4.11. The summed E-state index contributed by atoms with van der Waals surface area (Å²) in [5.74, 6) is -0.134. The van der Waals surface area contributed by atoms with Crippen LogP contribution in [0.4, 0.5) is 0 Å². The Hall–Kier alpha value is -0.860. The van der Waals surface area contributed by atoms with Crippen LogP contribution in [0, 0.1) is 5.92 Å². The first-order chi connectivity index (χ1) is 7.69. The average Bonchev–Trinajstić information content (AvgIpc) is 2.29. The van der Waals surface area contributed by atoms with E-state index in [9.17, 15) is 9.59 Å². The lowest BCUT2D eigenvalue weighted by Gasteiger charge is -2.18. The third-order valence-corrected chi connectivity index (χ3v) is 2.83. The third kappa shape index (κ3) is 5.89. The van der Waals surface area contributed by atoms with Crippen LogP contribution in [0.2, 0.25) is 0 Å². The molecule has 0 heterocycles. The number of hydrogen-bond donors (Lipinski definition) is 0. The highest BCUT2D eigenvalue weighted by atomic mass is 16.5. The molecule has 0 aromatic heterocycles. The van der Waals surface area contributed by atoms with E-state index in [2.05, 4.69) is 6.92 Å². The highest BCUT2D eigenvalue weighted by Crippen LogP contribution is 2.16. The molecule has 2 atom stereocenters. The largest absolute Gasteiger partial charge is 0.462 e. The van der Waals surface area contributed by atoms with Gasteiger partial charge in [-0.3, -0.25) is 4.79 Å². The first-order valence-corrected chi connectivity index (χ1v) is 6.33. The Morgan fingerprint density at radius 3 is 2.38 bits per heavy atom. The summed E-state index contributed by atoms with van der Waals surface area (Å²) < 4.78 is 5.32. The maximum atomic E-state index is 11.8. The van der Waals surface area contributed by atoms with E-state index in [0.29, 0.717) is 12.8 Å². The second-order valence-electron chi connectivity index (χ2n) is 4.12. The molecular formula is C13H24O3. The van der Waals surface area contributed by atoms with E-state index in [0.717, 1.165) is 32.0 Å². The zero-order chi connectivity index (χ0) is 12.4. The fourth-order valence-corrected chi connectivity index (χ4v) is 1.61. The minimum atomic E-state index is -0.235. The molecule has 94 valence electrons. The number of rotatable bonds is 9. The van der Waals surface area contributed by atoms with E-state index in [1.807, 2.05) is 13.8 Å². The topological polar surface area (TPSA) is 43.4 Å². The van der Waals surface area contributed by atoms with Gasteiger partial charge in [0.25, 0.3) is 0 Å². The molecule has 3 heteroatoms. The fraction of sp³-hybridized carbons (Fsp3) is 0.846. The number of aldehydes is 1. The van der Waals surface area contributed by atoms with E-state index >= 15 is 0 Å². The molecule has 16 heavy (non-hydrogen) atoms. The molecule has 0 rings (SSSR count). The molecule has 2 unspecified atom stereocenters. The zero-order valence-electron chi connectivity index (χ0n) is 10.7. The first-order valence-electron chi connectivity index (χ1n) is 6.33. The predicted molar refractivity (Wildman–Crippen MR) is 64.2 cm³/mol. The Morgan fingerprint density at radius 2 is 1.94 bits per heavy atom. The Kier molecular flexibility index (Phi) is 8.87. The molecule has 0 amide bonds. The summed E-state index contributed by atoms with van der Waals surface area (Å²) in [6, 6.07) is 0. The number of carbonyl (C=O) groups is 2. The van der Waals surface area contributed by atoms with E-state index in [1.165, 1.54) is 0 Å². The van der Waals surface area contributed by atoms with Crippen LogP contribution in [0.5, 0.6) is 0 Å². The maximum absolute atomic E-state index is 11.8. The van der Waals surface area contributed by atoms with Crippen molar-refractivity contribution in [1.29, 1.82) is 0 Å². The van der Waals surface area contributed by atoms with Gasteiger partial charge in [-0.15, -0.1) is 0 Å². The van der Waals surface area contributed by atoms with Gasteiger partial charge in [-0.05, 0) is 19.3 Å². The lowest BCUT2D eigenvalue weighted by atomic mass is 9.99. The summed E-state index contributed by atoms with van der Waals surface area (Å²) in [5.41, 5.74) is 0. The molecule has 0 bridgehead atoms. The molecule has 0 aliphatic carbocycles. The second kappa shape index (κ2) is 9.37. The van der Waals surface area contributed by atoms with Gasteiger partial charge < -0.3 is 9.53 Å². The number of ether oxygens (including phenoxy) is 1. The van der Waals surface area contributed by atoms with Gasteiger partial charge in [0.1, 0.15) is 12.4 Å². The second-order valence-corrected chi connectivity index (χ2v) is 4.12. The standard InChI is InChI=1S/C13H24O3/c1-4-7-8-11(5-2)13(15)16-12(6-3)9-10-14/h10-12H,4-9H2,1-3H3. The number of esters is 1. The van der Waals surface area contributed by atoms with Gasteiger partial charge in [0.2, 0.25) is 0 Å². The zero-order valence-corrected chi connectivity index (χ0v) is 10.7. The molecule has 0 radical (unpaired) electrons. The van der Waals surface area contributed by atoms with Crippen LogP contribution in [0.1, 0.15) is 59.3 Å². The summed E-state index contributed by atoms with van der Waals surface area (Å²) in [4.78, 5) is 22.2. The third-order valence-electron chi connectivity index (χ3n) is 2.83. The SMILES string of the molecule is CCCCC(CC)C(=O)OC(CC)CC=O. The van der Waals surface area contributed by atoms with Crippen LogP contribution in [0.15, 0.2) is 0 Å². The van der Waals surface area contributed by atoms with Crippen molar-refractivity contribution < 1.29 is 14.3 Å². The van der Waals surface area contributed by atoms with Crippen LogP contribution >= 0.6 is 0 Å². The lowest BCUT2D eigenvalue weighted by Crippen LogP contribution is -2.24. The van der Waals surface area contributed by atoms with Crippen molar-refractivity contribution in [2.24, 2.45) is 5.92 Å². The molecule has 0 aliphatic rings. The molecule has 0 spiro atoms. The molecule has 0 aromatic carbocycles. The molecule has 0 N–H and O–H groups in total. The van der Waals surface area contributed by atoms with Crippen LogP contribution in [-0.4, -0.2) is 18.4 Å². The van der Waals surface area contributed by atoms with Gasteiger partial charge in [0, 0.05) is 6.42 Å². The van der Waals surface area contributed by atoms with Crippen molar-refractivity contribution >= 4 is 12.3 Å². The molecular weight excluding hydrogens is 204 g/mol. The van der Waals surface area contributed by atoms with E-state index < -0.39 is 0 Å².